The lowest BCUT2D eigenvalue weighted by Crippen LogP contribution is -2.22. The highest BCUT2D eigenvalue weighted by Crippen LogP contribution is 2.26. The molecule has 2 aromatic rings. The summed E-state index contributed by atoms with van der Waals surface area (Å²) < 4.78 is 14.8. The molecule has 0 amide bonds. The van der Waals surface area contributed by atoms with Crippen molar-refractivity contribution in [3.8, 4) is 0 Å². The third-order valence-corrected chi connectivity index (χ3v) is 4.22. The average Bonchev–Trinajstić information content (AvgIpc) is 2.47. The van der Waals surface area contributed by atoms with Crippen LogP contribution in [0.15, 0.2) is 46.9 Å². The van der Waals surface area contributed by atoms with Gasteiger partial charge in [0.25, 0.3) is 0 Å². The lowest BCUT2D eigenvalue weighted by Gasteiger charge is -2.19. The minimum absolute atomic E-state index is 0.0352. The number of nitrogens with one attached hydrogen (secondary N) is 1. The highest BCUT2D eigenvalue weighted by Gasteiger charge is 2.16. The van der Waals surface area contributed by atoms with E-state index in [0.717, 1.165) is 24.9 Å². The van der Waals surface area contributed by atoms with Crippen molar-refractivity contribution in [3.63, 3.8) is 0 Å². The van der Waals surface area contributed by atoms with Crippen molar-refractivity contribution in [1.82, 2.24) is 5.32 Å². The molecule has 2 rings (SSSR count). The Kier molecular flexibility index (Phi) is 5.95. The molecule has 0 radical (unpaired) electrons. The molecule has 112 valence electrons. The number of halogens is 2. The molecule has 1 unspecified atom stereocenters. The maximum Gasteiger partial charge on any atom is 0.142 e. The van der Waals surface area contributed by atoms with Gasteiger partial charge in [-0.1, -0.05) is 48.9 Å². The second-order valence-electron chi connectivity index (χ2n) is 5.28. The van der Waals surface area contributed by atoms with E-state index < -0.39 is 0 Å². The minimum atomic E-state index is -0.160. The summed E-state index contributed by atoms with van der Waals surface area (Å²) in [4.78, 5) is 0. The molecule has 0 bridgehead atoms. The Morgan fingerprint density at radius 1 is 1.19 bits per heavy atom. The molecular formula is C18H21BrFN. The van der Waals surface area contributed by atoms with E-state index in [0.29, 0.717) is 4.47 Å². The van der Waals surface area contributed by atoms with Crippen LogP contribution in [0.4, 0.5) is 4.39 Å². The average molecular weight is 350 g/mol. The van der Waals surface area contributed by atoms with E-state index in [-0.39, 0.29) is 11.9 Å². The predicted molar refractivity (Wildman–Crippen MR) is 90.0 cm³/mol. The molecule has 2 aromatic carbocycles. The summed E-state index contributed by atoms with van der Waals surface area (Å²) in [7, 11) is 0. The van der Waals surface area contributed by atoms with Gasteiger partial charge in [0.15, 0.2) is 0 Å². The summed E-state index contributed by atoms with van der Waals surface area (Å²) in [6, 6.07) is 14.0. The summed E-state index contributed by atoms with van der Waals surface area (Å²) >= 11 is 3.27. The van der Waals surface area contributed by atoms with Crippen molar-refractivity contribution < 1.29 is 4.39 Å². The normalized spacial score (nSPS) is 12.4. The fourth-order valence-electron chi connectivity index (χ4n) is 2.58. The summed E-state index contributed by atoms with van der Waals surface area (Å²) in [6.07, 6.45) is 1.82. The van der Waals surface area contributed by atoms with E-state index in [1.54, 1.807) is 6.07 Å². The Morgan fingerprint density at radius 2 is 1.95 bits per heavy atom. The highest BCUT2D eigenvalue weighted by atomic mass is 79.9. The van der Waals surface area contributed by atoms with Gasteiger partial charge in [-0.25, -0.2) is 4.39 Å². The van der Waals surface area contributed by atoms with Gasteiger partial charge in [-0.15, -0.1) is 0 Å². The van der Waals surface area contributed by atoms with Gasteiger partial charge < -0.3 is 5.32 Å². The maximum atomic E-state index is 14.3. The smallest absolute Gasteiger partial charge is 0.142 e. The first-order chi connectivity index (χ1) is 10.1. The van der Waals surface area contributed by atoms with Crippen LogP contribution >= 0.6 is 15.9 Å². The number of hydrogen-bond donors (Lipinski definition) is 1. The molecular weight excluding hydrogens is 329 g/mol. The lowest BCUT2D eigenvalue weighted by molar-refractivity contribution is 0.483. The third kappa shape index (κ3) is 4.39. The van der Waals surface area contributed by atoms with Crippen LogP contribution in [0.1, 0.15) is 36.1 Å². The van der Waals surface area contributed by atoms with Gasteiger partial charge >= 0.3 is 0 Å². The Labute approximate surface area is 134 Å². The van der Waals surface area contributed by atoms with Gasteiger partial charge in [-0.3, -0.25) is 0 Å². The zero-order valence-corrected chi connectivity index (χ0v) is 14.1. The Morgan fingerprint density at radius 3 is 2.67 bits per heavy atom. The second kappa shape index (κ2) is 7.71. The Bertz CT molecular complexity index is 598. The van der Waals surface area contributed by atoms with E-state index in [2.05, 4.69) is 59.4 Å². The molecule has 0 heterocycles. The quantitative estimate of drug-likeness (QED) is 0.757. The van der Waals surface area contributed by atoms with Gasteiger partial charge in [0.1, 0.15) is 5.82 Å². The van der Waals surface area contributed by atoms with Crippen molar-refractivity contribution in [3.05, 3.63) is 69.4 Å². The van der Waals surface area contributed by atoms with Gasteiger partial charge in [0.2, 0.25) is 0 Å². The van der Waals surface area contributed by atoms with E-state index in [1.807, 2.05) is 12.1 Å². The van der Waals surface area contributed by atoms with Crippen LogP contribution in [0, 0.1) is 12.7 Å². The van der Waals surface area contributed by atoms with Gasteiger partial charge in [0, 0.05) is 11.6 Å². The second-order valence-corrected chi connectivity index (χ2v) is 6.14. The number of benzene rings is 2. The van der Waals surface area contributed by atoms with E-state index in [4.69, 9.17) is 0 Å². The molecule has 0 aliphatic heterocycles. The predicted octanol–water partition coefficient (Wildman–Crippen LogP) is 5.18. The fourth-order valence-corrected chi connectivity index (χ4v) is 2.96. The fraction of sp³-hybridized carbons (Fsp3) is 0.333. The molecule has 1 atom stereocenters. The standard InChI is InChI=1S/C18H21BrFN/c1-3-21-17(15-8-5-9-16(19)18(15)20)11-10-14-7-4-6-13(2)12-14/h4-9,12,17,21H,3,10-11H2,1-2H3. The number of aryl methyl sites for hydroxylation is 2. The van der Waals surface area contributed by atoms with Crippen LogP contribution in [-0.2, 0) is 6.42 Å². The highest BCUT2D eigenvalue weighted by molar-refractivity contribution is 9.10. The topological polar surface area (TPSA) is 12.0 Å². The van der Waals surface area contributed by atoms with Crippen LogP contribution in [0.25, 0.3) is 0 Å². The summed E-state index contributed by atoms with van der Waals surface area (Å²) in [6.45, 7) is 4.97. The molecule has 21 heavy (non-hydrogen) atoms. The first kappa shape index (κ1) is 16.2. The molecule has 0 aromatic heterocycles. The SMILES string of the molecule is CCNC(CCc1cccc(C)c1)c1cccc(Br)c1F. The van der Waals surface area contributed by atoms with Gasteiger partial charge in [-0.05, 0) is 53.9 Å². The van der Waals surface area contributed by atoms with E-state index >= 15 is 0 Å². The van der Waals surface area contributed by atoms with Crippen molar-refractivity contribution in [1.29, 1.82) is 0 Å². The minimum Gasteiger partial charge on any atom is -0.310 e. The van der Waals surface area contributed by atoms with Crippen molar-refractivity contribution in [2.75, 3.05) is 6.54 Å². The molecule has 0 aliphatic rings. The summed E-state index contributed by atoms with van der Waals surface area (Å²) in [5.74, 6) is -0.160. The first-order valence-corrected chi connectivity index (χ1v) is 8.14. The summed E-state index contributed by atoms with van der Waals surface area (Å²) in [5.41, 5.74) is 3.30. The molecule has 3 heteroatoms. The Balaban J connectivity index is 2.14. The summed E-state index contributed by atoms with van der Waals surface area (Å²) in [5, 5.41) is 3.39. The number of hydrogen-bond acceptors (Lipinski definition) is 1. The van der Waals surface area contributed by atoms with Gasteiger partial charge in [-0.2, -0.15) is 0 Å². The molecule has 0 aliphatic carbocycles. The van der Waals surface area contributed by atoms with Crippen molar-refractivity contribution in [2.24, 2.45) is 0 Å². The maximum absolute atomic E-state index is 14.3. The molecule has 0 saturated carbocycles. The zero-order chi connectivity index (χ0) is 15.2. The van der Waals surface area contributed by atoms with Crippen LogP contribution in [0.3, 0.4) is 0 Å². The van der Waals surface area contributed by atoms with Crippen LogP contribution in [0.2, 0.25) is 0 Å². The van der Waals surface area contributed by atoms with Crippen LogP contribution < -0.4 is 5.32 Å². The Hall–Kier alpha value is -1.19. The molecule has 1 nitrogen and oxygen atoms in total. The van der Waals surface area contributed by atoms with E-state index in [9.17, 15) is 4.39 Å². The van der Waals surface area contributed by atoms with Crippen molar-refractivity contribution in [2.45, 2.75) is 32.7 Å². The van der Waals surface area contributed by atoms with E-state index in [1.165, 1.54) is 11.1 Å². The zero-order valence-electron chi connectivity index (χ0n) is 12.5. The molecule has 1 N–H and O–H groups in total. The monoisotopic (exact) mass is 349 g/mol. The lowest BCUT2D eigenvalue weighted by atomic mass is 9.98. The molecule has 0 spiro atoms. The van der Waals surface area contributed by atoms with Crippen molar-refractivity contribution >= 4 is 15.9 Å². The largest absolute Gasteiger partial charge is 0.310 e. The molecule has 0 fully saturated rings. The third-order valence-electron chi connectivity index (χ3n) is 3.61. The van der Waals surface area contributed by atoms with Crippen LogP contribution in [-0.4, -0.2) is 6.54 Å². The molecule has 0 saturated heterocycles. The van der Waals surface area contributed by atoms with Gasteiger partial charge in [0.05, 0.1) is 4.47 Å². The van der Waals surface area contributed by atoms with Crippen LogP contribution in [0.5, 0.6) is 0 Å². The number of rotatable bonds is 6. The first-order valence-electron chi connectivity index (χ1n) is 7.34.